The maximum atomic E-state index is 13.9. The molecule has 2 saturated heterocycles. The predicted molar refractivity (Wildman–Crippen MR) is 151 cm³/mol. The molecule has 1 aliphatic carbocycles. The molecule has 10 heteroatoms. The number of Topliss-reactive ketones (excluding diaryl/α,β-unsaturated/α-hetero) is 1. The first-order valence-corrected chi connectivity index (χ1v) is 14.8. The second-order valence-corrected chi connectivity index (χ2v) is 13.1. The lowest BCUT2D eigenvalue weighted by Crippen LogP contribution is -2.58. The third-order valence-corrected chi connectivity index (χ3v) is 8.50. The lowest BCUT2D eigenvalue weighted by atomic mass is 9.96. The van der Waals surface area contributed by atoms with E-state index in [0.717, 1.165) is 38.5 Å². The molecule has 5 atom stereocenters. The van der Waals surface area contributed by atoms with Gasteiger partial charge in [-0.15, -0.1) is 6.58 Å². The fraction of sp³-hybridized carbons (Fsp3) is 0.767. The van der Waals surface area contributed by atoms with E-state index in [1.807, 2.05) is 0 Å². The van der Waals surface area contributed by atoms with Crippen LogP contribution in [0.1, 0.15) is 92.4 Å². The Morgan fingerprint density at radius 2 is 1.65 bits per heavy atom. The third-order valence-electron chi connectivity index (χ3n) is 8.50. The molecule has 0 aromatic carbocycles. The van der Waals surface area contributed by atoms with Gasteiger partial charge in [-0.2, -0.15) is 0 Å². The van der Waals surface area contributed by atoms with E-state index in [9.17, 15) is 24.0 Å². The molecule has 40 heavy (non-hydrogen) atoms. The molecule has 0 bridgehead atoms. The fourth-order valence-corrected chi connectivity index (χ4v) is 6.24. The summed E-state index contributed by atoms with van der Waals surface area (Å²) in [6, 6.07) is -2.57. The highest BCUT2D eigenvalue weighted by atomic mass is 16.6. The molecular formula is C30H48N4O6. The number of hydrogen-bond donors (Lipinski definition) is 3. The van der Waals surface area contributed by atoms with Gasteiger partial charge in [-0.3, -0.25) is 19.2 Å². The zero-order valence-electron chi connectivity index (χ0n) is 24.8. The highest BCUT2D eigenvalue weighted by Crippen LogP contribution is 2.65. The van der Waals surface area contributed by atoms with Crippen LogP contribution in [0.25, 0.3) is 0 Å². The normalized spacial score (nSPS) is 29.3. The molecule has 1 saturated carbocycles. The Bertz CT molecular complexity index is 987. The number of piperidine rings is 1. The number of ketones is 1. The first kappa shape index (κ1) is 31.6. The second-order valence-electron chi connectivity index (χ2n) is 13.1. The zero-order valence-corrected chi connectivity index (χ0v) is 24.8. The molecule has 0 aromatic heterocycles. The number of ether oxygens (including phenoxy) is 1. The van der Waals surface area contributed by atoms with Gasteiger partial charge in [0.2, 0.25) is 17.6 Å². The summed E-state index contributed by atoms with van der Waals surface area (Å²) in [5.74, 6) is -2.12. The SMILES string of the molecule is C=CCNC(=O)C(=O)[C@@H]1CCCCCCCCC[C@H](NC(=O)OC(C)(C)C)C(=O)N2C[C@H]3C([C@H]2C(=O)N1)C3(C)C. The number of fused-ring (bicyclic) bond motifs is 3. The van der Waals surface area contributed by atoms with Crippen molar-refractivity contribution in [2.45, 2.75) is 116 Å². The maximum Gasteiger partial charge on any atom is 0.408 e. The van der Waals surface area contributed by atoms with Gasteiger partial charge in [0, 0.05) is 13.1 Å². The Hall–Kier alpha value is -2.91. The van der Waals surface area contributed by atoms with Gasteiger partial charge < -0.3 is 25.6 Å². The topological polar surface area (TPSA) is 134 Å². The smallest absolute Gasteiger partial charge is 0.408 e. The van der Waals surface area contributed by atoms with E-state index in [1.165, 1.54) is 6.08 Å². The van der Waals surface area contributed by atoms with Crippen molar-refractivity contribution in [1.82, 2.24) is 20.9 Å². The highest BCUT2D eigenvalue weighted by Gasteiger charge is 2.69. The lowest BCUT2D eigenvalue weighted by molar-refractivity contribution is -0.144. The summed E-state index contributed by atoms with van der Waals surface area (Å²) < 4.78 is 5.43. The Morgan fingerprint density at radius 3 is 2.25 bits per heavy atom. The van der Waals surface area contributed by atoms with Crippen LogP contribution in [0.4, 0.5) is 4.79 Å². The van der Waals surface area contributed by atoms with Crippen LogP contribution in [0.3, 0.4) is 0 Å². The van der Waals surface area contributed by atoms with Crippen molar-refractivity contribution >= 4 is 29.6 Å². The average Bonchev–Trinajstić information content (AvgIpc) is 3.19. The van der Waals surface area contributed by atoms with Crippen molar-refractivity contribution in [3.05, 3.63) is 12.7 Å². The molecule has 224 valence electrons. The number of rotatable bonds is 5. The van der Waals surface area contributed by atoms with Gasteiger partial charge >= 0.3 is 6.09 Å². The van der Waals surface area contributed by atoms with Crippen LogP contribution < -0.4 is 16.0 Å². The second kappa shape index (κ2) is 13.2. The summed E-state index contributed by atoms with van der Waals surface area (Å²) in [5.41, 5.74) is -0.846. The van der Waals surface area contributed by atoms with Gasteiger partial charge in [0.15, 0.2) is 0 Å². The molecule has 4 amide bonds. The van der Waals surface area contributed by atoms with Crippen LogP contribution in [0.2, 0.25) is 0 Å². The lowest BCUT2D eigenvalue weighted by Gasteiger charge is -2.34. The van der Waals surface area contributed by atoms with Crippen molar-refractivity contribution in [3.63, 3.8) is 0 Å². The van der Waals surface area contributed by atoms with Crippen LogP contribution in [0, 0.1) is 17.3 Å². The largest absolute Gasteiger partial charge is 0.444 e. The van der Waals surface area contributed by atoms with Crippen molar-refractivity contribution in [1.29, 1.82) is 0 Å². The van der Waals surface area contributed by atoms with Gasteiger partial charge in [-0.25, -0.2) is 4.79 Å². The van der Waals surface area contributed by atoms with E-state index in [1.54, 1.807) is 25.7 Å². The molecule has 0 radical (unpaired) electrons. The first-order chi connectivity index (χ1) is 18.8. The Kier molecular flexibility index (Phi) is 10.4. The minimum atomic E-state index is -0.973. The summed E-state index contributed by atoms with van der Waals surface area (Å²) in [4.78, 5) is 67.5. The molecule has 2 aliphatic heterocycles. The van der Waals surface area contributed by atoms with Crippen molar-refractivity contribution in [3.8, 4) is 0 Å². The zero-order chi connectivity index (χ0) is 29.7. The van der Waals surface area contributed by atoms with Crippen LogP contribution >= 0.6 is 0 Å². The quantitative estimate of drug-likeness (QED) is 0.349. The first-order valence-electron chi connectivity index (χ1n) is 14.8. The van der Waals surface area contributed by atoms with E-state index in [0.29, 0.717) is 25.8 Å². The number of hydrogen-bond acceptors (Lipinski definition) is 6. The van der Waals surface area contributed by atoms with Gasteiger partial charge in [-0.1, -0.05) is 64.9 Å². The molecule has 3 N–H and O–H groups in total. The molecule has 10 nitrogen and oxygen atoms in total. The van der Waals surface area contributed by atoms with E-state index >= 15 is 0 Å². The highest BCUT2D eigenvalue weighted by molar-refractivity contribution is 6.38. The predicted octanol–water partition coefficient (Wildman–Crippen LogP) is 3.24. The summed E-state index contributed by atoms with van der Waals surface area (Å²) >= 11 is 0. The van der Waals surface area contributed by atoms with Crippen LogP contribution in [-0.4, -0.2) is 71.3 Å². The Balaban J connectivity index is 1.86. The molecule has 0 spiro atoms. The number of nitrogens with zero attached hydrogens (tertiary/aromatic N) is 1. The van der Waals surface area contributed by atoms with Gasteiger partial charge in [0.05, 0.1) is 6.04 Å². The molecule has 0 aromatic rings. The average molecular weight is 561 g/mol. The molecule has 2 heterocycles. The molecule has 1 unspecified atom stereocenters. The summed E-state index contributed by atoms with van der Waals surface area (Å²) in [7, 11) is 0. The number of carbonyl (C=O) groups is 5. The third kappa shape index (κ3) is 7.85. The van der Waals surface area contributed by atoms with Crippen molar-refractivity contribution in [2.24, 2.45) is 17.3 Å². The van der Waals surface area contributed by atoms with Crippen LogP contribution in [0.15, 0.2) is 12.7 Å². The van der Waals surface area contributed by atoms with E-state index in [2.05, 4.69) is 36.4 Å². The van der Waals surface area contributed by atoms with Crippen LogP contribution in [0.5, 0.6) is 0 Å². The number of carbonyl (C=O) groups excluding carboxylic acids is 5. The molecule has 3 aliphatic rings. The Morgan fingerprint density at radius 1 is 1.05 bits per heavy atom. The molecule has 3 fully saturated rings. The molecular weight excluding hydrogens is 512 g/mol. The fourth-order valence-electron chi connectivity index (χ4n) is 6.24. The van der Waals surface area contributed by atoms with Gasteiger partial charge in [0.1, 0.15) is 17.7 Å². The minimum Gasteiger partial charge on any atom is -0.444 e. The number of amides is 4. The van der Waals surface area contributed by atoms with Crippen LogP contribution in [-0.2, 0) is 23.9 Å². The summed E-state index contributed by atoms with van der Waals surface area (Å²) in [5, 5.41) is 8.13. The van der Waals surface area contributed by atoms with Crippen molar-refractivity contribution in [2.75, 3.05) is 13.1 Å². The number of alkyl carbamates (subject to hydrolysis) is 1. The van der Waals surface area contributed by atoms with E-state index in [-0.39, 0.29) is 29.7 Å². The summed E-state index contributed by atoms with van der Waals surface area (Å²) in [6.07, 6.45) is 7.91. The summed E-state index contributed by atoms with van der Waals surface area (Å²) in [6.45, 7) is 13.6. The van der Waals surface area contributed by atoms with E-state index < -0.39 is 47.4 Å². The minimum absolute atomic E-state index is 0.0668. The number of nitrogens with one attached hydrogen (secondary N) is 3. The van der Waals surface area contributed by atoms with E-state index in [4.69, 9.17) is 4.74 Å². The molecule has 3 rings (SSSR count). The maximum absolute atomic E-state index is 13.9. The van der Waals surface area contributed by atoms with Gasteiger partial charge in [0.25, 0.3) is 5.91 Å². The Labute approximate surface area is 238 Å². The van der Waals surface area contributed by atoms with Crippen molar-refractivity contribution < 1.29 is 28.7 Å². The monoisotopic (exact) mass is 560 g/mol. The van der Waals surface area contributed by atoms with Gasteiger partial charge in [-0.05, 0) is 50.9 Å². The standard InChI is InChI=1S/C30H48N4O6/c1-7-17-31-26(37)24(35)20-15-13-11-9-8-10-12-14-16-21(33-28(39)40-29(2,3)4)27(38)34-18-19-22(30(19,5)6)23(34)25(36)32-20/h7,19-23H,1,8-18H2,2-6H3,(H,31,37)(H,32,36)(H,33,39)/t19-,20-,21-,22?,23-/m0/s1.